The smallest absolute Gasteiger partial charge is 0.383 e. The van der Waals surface area contributed by atoms with E-state index >= 15 is 0 Å². The Labute approximate surface area is 206 Å². The maximum absolute atomic E-state index is 13.4. The molecule has 6 rings (SSSR count). The van der Waals surface area contributed by atoms with E-state index in [0.717, 1.165) is 12.8 Å². The van der Waals surface area contributed by atoms with E-state index in [1.165, 1.54) is 18.6 Å². The van der Waals surface area contributed by atoms with Crippen LogP contribution in [0.2, 0.25) is 5.02 Å². The number of nitrogens with two attached hydrogens (primary N) is 1. The molecule has 1 unspecified atom stereocenters. The highest BCUT2D eigenvalue weighted by Gasteiger charge is 2.61. The number of nitrogens with one attached hydrogen (secondary N) is 1. The molecule has 0 spiro atoms. The van der Waals surface area contributed by atoms with Crippen molar-refractivity contribution in [2.45, 2.75) is 37.3 Å². The van der Waals surface area contributed by atoms with Crippen LogP contribution in [0.1, 0.15) is 36.3 Å². The zero-order valence-electron chi connectivity index (χ0n) is 18.4. The van der Waals surface area contributed by atoms with Crippen molar-refractivity contribution in [1.29, 1.82) is 0 Å². The van der Waals surface area contributed by atoms with E-state index in [1.54, 1.807) is 16.8 Å². The lowest BCUT2D eigenvalue weighted by Gasteiger charge is -2.26. The first-order valence-electron chi connectivity index (χ1n) is 11.0. The Balaban J connectivity index is 1.47. The molecule has 0 radical (unpaired) electrons. The first-order valence-corrected chi connectivity index (χ1v) is 11.4. The third kappa shape index (κ3) is 3.53. The average Bonchev–Trinajstić information content (AvgIpc) is 3.47. The molecule has 10 nitrogen and oxygen atoms in total. The van der Waals surface area contributed by atoms with Gasteiger partial charge in [-0.3, -0.25) is 4.79 Å². The van der Waals surface area contributed by atoms with Crippen LogP contribution in [-0.2, 0) is 16.6 Å². The Morgan fingerprint density at radius 2 is 1.92 bits per heavy atom. The van der Waals surface area contributed by atoms with Crippen molar-refractivity contribution >= 4 is 34.8 Å². The van der Waals surface area contributed by atoms with Crippen LogP contribution in [0.5, 0.6) is 0 Å². The highest BCUT2D eigenvalue weighted by Crippen LogP contribution is 2.56. The SMILES string of the molecule is Nc1nc(-c2cn3ccnc3c(CCC(F)(F)F)n2)nc2c1C(c1ncc(Cl)cn1)(C1CC1)C(=O)N2. The molecule has 14 heteroatoms. The molecule has 1 fully saturated rings. The van der Waals surface area contributed by atoms with Gasteiger partial charge in [0.25, 0.3) is 0 Å². The number of hydrogen-bond donors (Lipinski definition) is 2. The molecule has 0 saturated heterocycles. The molecule has 0 bridgehead atoms. The van der Waals surface area contributed by atoms with Gasteiger partial charge in [-0.1, -0.05) is 11.6 Å². The number of nitrogens with zero attached hydrogens (tertiary/aromatic N) is 7. The van der Waals surface area contributed by atoms with E-state index in [4.69, 9.17) is 17.3 Å². The minimum Gasteiger partial charge on any atom is -0.383 e. The number of amides is 1. The van der Waals surface area contributed by atoms with Crippen LogP contribution < -0.4 is 11.1 Å². The van der Waals surface area contributed by atoms with Gasteiger partial charge in [-0.25, -0.2) is 29.9 Å². The van der Waals surface area contributed by atoms with Gasteiger partial charge in [0.05, 0.1) is 16.3 Å². The number of halogens is 4. The Kier molecular flexibility index (Phi) is 4.90. The zero-order valence-corrected chi connectivity index (χ0v) is 19.2. The number of anilines is 2. The first-order chi connectivity index (χ1) is 17.2. The predicted molar refractivity (Wildman–Crippen MR) is 122 cm³/mol. The van der Waals surface area contributed by atoms with Crippen LogP contribution in [-0.4, -0.2) is 46.4 Å². The second kappa shape index (κ2) is 7.82. The van der Waals surface area contributed by atoms with Crippen molar-refractivity contribution < 1.29 is 18.0 Å². The van der Waals surface area contributed by atoms with Crippen LogP contribution >= 0.6 is 11.6 Å². The van der Waals surface area contributed by atoms with Crippen LogP contribution in [0.3, 0.4) is 0 Å². The van der Waals surface area contributed by atoms with E-state index in [0.29, 0.717) is 16.2 Å². The summed E-state index contributed by atoms with van der Waals surface area (Å²) in [5.74, 6) is 0.0658. The topological polar surface area (TPSA) is 137 Å². The fourth-order valence-electron chi connectivity index (χ4n) is 4.74. The van der Waals surface area contributed by atoms with Gasteiger partial charge in [0.2, 0.25) is 5.91 Å². The van der Waals surface area contributed by atoms with Crippen molar-refractivity contribution in [3.63, 3.8) is 0 Å². The van der Waals surface area contributed by atoms with Crippen molar-refractivity contribution in [3.8, 4) is 11.5 Å². The lowest BCUT2D eigenvalue weighted by atomic mass is 9.76. The number of aryl methyl sites for hydroxylation is 1. The number of hydrogen-bond acceptors (Lipinski definition) is 8. The van der Waals surface area contributed by atoms with Crippen molar-refractivity contribution in [3.05, 3.63) is 53.1 Å². The maximum Gasteiger partial charge on any atom is 0.389 e. The van der Waals surface area contributed by atoms with E-state index < -0.39 is 18.0 Å². The van der Waals surface area contributed by atoms with Gasteiger partial charge in [0.1, 0.15) is 28.6 Å². The number of imidazole rings is 1. The number of nitrogen functional groups attached to an aromatic ring is 1. The Bertz CT molecular complexity index is 1520. The number of fused-ring (bicyclic) bond motifs is 2. The van der Waals surface area contributed by atoms with E-state index in [2.05, 4.69) is 35.2 Å². The second-order valence-electron chi connectivity index (χ2n) is 8.76. The summed E-state index contributed by atoms with van der Waals surface area (Å²) in [7, 11) is 0. The molecule has 1 aliphatic carbocycles. The molecule has 1 amide bonds. The molecule has 1 saturated carbocycles. The van der Waals surface area contributed by atoms with Gasteiger partial charge >= 0.3 is 6.18 Å². The molecule has 1 aliphatic heterocycles. The fraction of sp³-hybridized carbons (Fsp3) is 0.318. The molecule has 36 heavy (non-hydrogen) atoms. The molecular formula is C22H17ClF3N9O. The minimum atomic E-state index is -4.35. The maximum atomic E-state index is 13.4. The third-order valence-corrected chi connectivity index (χ3v) is 6.60. The Hall–Kier alpha value is -3.87. The van der Waals surface area contributed by atoms with Gasteiger partial charge in [-0.05, 0) is 18.8 Å². The van der Waals surface area contributed by atoms with Crippen molar-refractivity contribution in [2.24, 2.45) is 5.92 Å². The van der Waals surface area contributed by atoms with Gasteiger partial charge < -0.3 is 15.5 Å². The fourth-order valence-corrected chi connectivity index (χ4v) is 4.84. The van der Waals surface area contributed by atoms with Crippen LogP contribution in [0, 0.1) is 5.92 Å². The Morgan fingerprint density at radius 3 is 2.61 bits per heavy atom. The summed E-state index contributed by atoms with van der Waals surface area (Å²) in [5.41, 5.74) is 6.16. The largest absolute Gasteiger partial charge is 0.389 e. The lowest BCUT2D eigenvalue weighted by Crippen LogP contribution is -2.40. The van der Waals surface area contributed by atoms with Gasteiger partial charge in [0, 0.05) is 43.8 Å². The molecular weight excluding hydrogens is 499 g/mol. The molecule has 0 aromatic carbocycles. The summed E-state index contributed by atoms with van der Waals surface area (Å²) >= 11 is 5.96. The highest BCUT2D eigenvalue weighted by molar-refractivity contribution is 6.30. The quantitative estimate of drug-likeness (QED) is 0.413. The molecule has 3 N–H and O–H groups in total. The summed E-state index contributed by atoms with van der Waals surface area (Å²) in [5, 5.41) is 3.11. The normalized spacial score (nSPS) is 19.5. The van der Waals surface area contributed by atoms with Gasteiger partial charge in [-0.2, -0.15) is 13.2 Å². The first kappa shape index (κ1) is 22.6. The number of carbonyl (C=O) groups is 1. The summed E-state index contributed by atoms with van der Waals surface area (Å²) in [6.07, 6.45) is 3.19. The minimum absolute atomic E-state index is 0.0307. The summed E-state index contributed by atoms with van der Waals surface area (Å²) in [4.78, 5) is 39.4. The number of rotatable bonds is 5. The van der Waals surface area contributed by atoms with Gasteiger partial charge in [-0.15, -0.1) is 0 Å². The molecule has 4 aromatic rings. The standard InChI is InChI=1S/C22H17ClF3N9O/c23-11-7-29-19(30-8-11)22(10-1-2-10)14-15(27)32-16(33-17(14)34-20(22)36)13-9-35-6-5-28-18(35)12(31-13)3-4-21(24,25)26/h5-10H,1-4H2,(H3,27,32,33,34,36). The van der Waals surface area contributed by atoms with Crippen LogP contribution in [0.15, 0.2) is 31.0 Å². The average molecular weight is 516 g/mol. The zero-order chi connectivity index (χ0) is 25.2. The summed E-state index contributed by atoms with van der Waals surface area (Å²) in [6, 6.07) is 0. The molecule has 184 valence electrons. The molecule has 5 heterocycles. The van der Waals surface area contributed by atoms with E-state index in [1.807, 2.05) is 0 Å². The van der Waals surface area contributed by atoms with Gasteiger partial charge in [0.15, 0.2) is 11.5 Å². The van der Waals surface area contributed by atoms with Crippen LogP contribution in [0.4, 0.5) is 24.8 Å². The Morgan fingerprint density at radius 1 is 1.17 bits per heavy atom. The third-order valence-electron chi connectivity index (χ3n) is 6.40. The lowest BCUT2D eigenvalue weighted by molar-refractivity contribution is -0.134. The number of aromatic nitrogens is 7. The van der Waals surface area contributed by atoms with Crippen molar-refractivity contribution in [1.82, 2.24) is 34.3 Å². The van der Waals surface area contributed by atoms with E-state index in [9.17, 15) is 18.0 Å². The molecule has 2 aliphatic rings. The molecule has 1 atom stereocenters. The van der Waals surface area contributed by atoms with E-state index in [-0.39, 0.29) is 52.9 Å². The van der Waals surface area contributed by atoms with Crippen molar-refractivity contribution in [2.75, 3.05) is 11.1 Å². The number of alkyl halides is 3. The summed E-state index contributed by atoms with van der Waals surface area (Å²) < 4.78 is 40.2. The summed E-state index contributed by atoms with van der Waals surface area (Å²) in [6.45, 7) is 0. The monoisotopic (exact) mass is 515 g/mol. The highest BCUT2D eigenvalue weighted by atomic mass is 35.5. The number of carbonyl (C=O) groups excluding carboxylic acids is 1. The van der Waals surface area contributed by atoms with Crippen LogP contribution in [0.25, 0.3) is 17.2 Å². The second-order valence-corrected chi connectivity index (χ2v) is 9.20. The molecule has 4 aromatic heterocycles. The predicted octanol–water partition coefficient (Wildman–Crippen LogP) is 3.36.